The van der Waals surface area contributed by atoms with Gasteiger partial charge in [-0.3, -0.25) is 9.59 Å². The Morgan fingerprint density at radius 3 is 2.50 bits per heavy atom. The van der Waals surface area contributed by atoms with Crippen LogP contribution in [-0.2, 0) is 6.42 Å². The van der Waals surface area contributed by atoms with Gasteiger partial charge < -0.3 is 20.7 Å². The van der Waals surface area contributed by atoms with E-state index in [1.54, 1.807) is 43.5 Å². The molecule has 0 bridgehead atoms. The normalized spacial score (nSPS) is 12.6. The molecule has 0 saturated carbocycles. The van der Waals surface area contributed by atoms with Crippen LogP contribution in [-0.4, -0.2) is 41.0 Å². The van der Waals surface area contributed by atoms with Crippen LogP contribution in [0.2, 0.25) is 0 Å². The standard InChI is InChI=1S/C29H28N4O3/c1-19(34)17-33-29(36)23-11-12-24-25(18-32-26(24)15-23)28(35)27(22-5-3-2-4-6-22)31-14-13-20-7-9-21(16-30)10-8-20/h2-12,15,18-19,27,31-32,34H,13-14,17H2,1H3,(H,33,36)/t19-,27-/m0/s1. The summed E-state index contributed by atoms with van der Waals surface area (Å²) in [5.41, 5.74) is 4.24. The van der Waals surface area contributed by atoms with Gasteiger partial charge in [-0.25, -0.2) is 0 Å². The number of rotatable bonds is 10. The minimum atomic E-state index is -0.633. The first-order chi connectivity index (χ1) is 17.5. The molecule has 0 aliphatic rings. The number of aliphatic hydroxyl groups is 1. The van der Waals surface area contributed by atoms with Gasteiger partial charge in [0.2, 0.25) is 0 Å². The van der Waals surface area contributed by atoms with Crippen molar-refractivity contribution in [1.82, 2.24) is 15.6 Å². The molecule has 0 unspecified atom stereocenters. The third-order valence-electron chi connectivity index (χ3n) is 6.01. The minimum absolute atomic E-state index is 0.0708. The van der Waals surface area contributed by atoms with E-state index in [0.717, 1.165) is 16.5 Å². The number of aromatic amines is 1. The summed E-state index contributed by atoms with van der Waals surface area (Å²) in [6.45, 7) is 2.35. The van der Waals surface area contributed by atoms with E-state index in [-0.39, 0.29) is 18.2 Å². The number of fused-ring (bicyclic) bond motifs is 1. The quantitative estimate of drug-likeness (QED) is 0.257. The fourth-order valence-corrected chi connectivity index (χ4v) is 4.08. The van der Waals surface area contributed by atoms with Crippen molar-refractivity contribution in [3.8, 4) is 6.07 Å². The zero-order chi connectivity index (χ0) is 25.5. The second kappa shape index (κ2) is 11.5. The van der Waals surface area contributed by atoms with E-state index in [1.807, 2.05) is 42.5 Å². The molecule has 4 aromatic rings. The number of ketones is 1. The first-order valence-corrected chi connectivity index (χ1v) is 11.8. The van der Waals surface area contributed by atoms with Crippen molar-refractivity contribution in [2.75, 3.05) is 13.1 Å². The summed E-state index contributed by atoms with van der Waals surface area (Å²) in [6.07, 6.45) is 1.76. The summed E-state index contributed by atoms with van der Waals surface area (Å²) in [4.78, 5) is 29.2. The number of aromatic nitrogens is 1. The molecule has 1 heterocycles. The molecule has 4 N–H and O–H groups in total. The van der Waals surface area contributed by atoms with Crippen LogP contribution < -0.4 is 10.6 Å². The zero-order valence-electron chi connectivity index (χ0n) is 20.0. The summed E-state index contributed by atoms with van der Waals surface area (Å²) in [5, 5.41) is 25.2. The molecule has 36 heavy (non-hydrogen) atoms. The lowest BCUT2D eigenvalue weighted by atomic mass is 9.96. The number of hydrogen-bond donors (Lipinski definition) is 4. The summed E-state index contributed by atoms with van der Waals surface area (Å²) >= 11 is 0. The van der Waals surface area contributed by atoms with E-state index in [1.165, 1.54) is 0 Å². The fourth-order valence-electron chi connectivity index (χ4n) is 4.08. The van der Waals surface area contributed by atoms with Gasteiger partial charge in [-0.15, -0.1) is 0 Å². The van der Waals surface area contributed by atoms with E-state index in [9.17, 15) is 14.7 Å². The lowest BCUT2D eigenvalue weighted by Gasteiger charge is -2.18. The molecule has 3 aromatic carbocycles. The Hall–Kier alpha value is -4.25. The number of benzene rings is 3. The van der Waals surface area contributed by atoms with Crippen LogP contribution in [0.4, 0.5) is 0 Å². The first-order valence-electron chi connectivity index (χ1n) is 11.8. The maximum atomic E-state index is 13.7. The average Bonchev–Trinajstić information content (AvgIpc) is 3.33. The fraction of sp³-hybridized carbons (Fsp3) is 0.207. The largest absolute Gasteiger partial charge is 0.392 e. The topological polar surface area (TPSA) is 118 Å². The minimum Gasteiger partial charge on any atom is -0.392 e. The molecular formula is C29H28N4O3. The molecule has 7 heteroatoms. The molecule has 0 radical (unpaired) electrons. The van der Waals surface area contributed by atoms with Crippen molar-refractivity contribution in [3.05, 3.63) is 107 Å². The Morgan fingerprint density at radius 1 is 1.06 bits per heavy atom. The molecule has 1 amide bonds. The molecule has 4 rings (SSSR count). The van der Waals surface area contributed by atoms with Gasteiger partial charge in [0, 0.05) is 41.3 Å². The second-order valence-electron chi connectivity index (χ2n) is 8.74. The zero-order valence-corrected chi connectivity index (χ0v) is 20.0. The van der Waals surface area contributed by atoms with E-state index in [2.05, 4.69) is 21.7 Å². The van der Waals surface area contributed by atoms with Crippen molar-refractivity contribution in [1.29, 1.82) is 5.26 Å². The van der Waals surface area contributed by atoms with Crippen molar-refractivity contribution in [2.24, 2.45) is 0 Å². The summed E-state index contributed by atoms with van der Waals surface area (Å²) < 4.78 is 0. The van der Waals surface area contributed by atoms with Crippen molar-refractivity contribution in [3.63, 3.8) is 0 Å². The van der Waals surface area contributed by atoms with Crippen molar-refractivity contribution >= 4 is 22.6 Å². The van der Waals surface area contributed by atoms with Crippen LogP contribution in [0.25, 0.3) is 10.9 Å². The van der Waals surface area contributed by atoms with E-state index >= 15 is 0 Å². The maximum Gasteiger partial charge on any atom is 0.251 e. The predicted octanol–water partition coefficient (Wildman–Crippen LogP) is 3.91. The van der Waals surface area contributed by atoms with E-state index in [0.29, 0.717) is 35.2 Å². The number of carbonyl (C=O) groups is 2. The number of aliphatic hydroxyl groups excluding tert-OH is 1. The number of nitriles is 1. The average molecular weight is 481 g/mol. The number of nitrogens with zero attached hydrogens (tertiary/aromatic N) is 1. The van der Waals surface area contributed by atoms with Gasteiger partial charge in [0.05, 0.1) is 23.8 Å². The SMILES string of the molecule is C[C@H](O)CNC(=O)c1ccc2c(C(=O)[C@@H](NCCc3ccc(C#N)cc3)c3ccccc3)c[nH]c2c1. The highest BCUT2D eigenvalue weighted by molar-refractivity contribution is 6.11. The van der Waals surface area contributed by atoms with Gasteiger partial charge in [-0.2, -0.15) is 5.26 Å². The van der Waals surface area contributed by atoms with Gasteiger partial charge in [-0.1, -0.05) is 48.5 Å². The second-order valence-corrected chi connectivity index (χ2v) is 8.74. The molecule has 182 valence electrons. The lowest BCUT2D eigenvalue weighted by molar-refractivity contribution is 0.0922. The van der Waals surface area contributed by atoms with Gasteiger partial charge in [-0.05, 0) is 48.7 Å². The van der Waals surface area contributed by atoms with Crippen LogP contribution in [0.15, 0.2) is 79.0 Å². The van der Waals surface area contributed by atoms with Crippen LogP contribution in [0, 0.1) is 11.3 Å². The number of Topliss-reactive ketones (excluding diaryl/α,β-unsaturated/α-hetero) is 1. The van der Waals surface area contributed by atoms with Gasteiger partial charge >= 0.3 is 0 Å². The lowest BCUT2D eigenvalue weighted by Crippen LogP contribution is -2.30. The number of amides is 1. The molecule has 0 aliphatic heterocycles. The highest BCUT2D eigenvalue weighted by Gasteiger charge is 2.24. The molecule has 7 nitrogen and oxygen atoms in total. The van der Waals surface area contributed by atoms with Gasteiger partial charge in [0.1, 0.15) is 0 Å². The van der Waals surface area contributed by atoms with Gasteiger partial charge in [0.25, 0.3) is 5.91 Å². The number of carbonyl (C=O) groups excluding carboxylic acids is 2. The Morgan fingerprint density at radius 2 is 1.81 bits per heavy atom. The molecule has 0 saturated heterocycles. The Balaban J connectivity index is 1.53. The third-order valence-corrected chi connectivity index (χ3v) is 6.01. The van der Waals surface area contributed by atoms with Crippen LogP contribution in [0.1, 0.15) is 50.4 Å². The van der Waals surface area contributed by atoms with Gasteiger partial charge in [0.15, 0.2) is 5.78 Å². The monoisotopic (exact) mass is 480 g/mol. The molecule has 2 atom stereocenters. The molecule has 0 spiro atoms. The number of nitrogens with one attached hydrogen (secondary N) is 3. The molecule has 0 aliphatic carbocycles. The maximum absolute atomic E-state index is 13.7. The Bertz CT molecular complexity index is 1390. The highest BCUT2D eigenvalue weighted by atomic mass is 16.3. The number of hydrogen-bond acceptors (Lipinski definition) is 5. The Labute approximate surface area is 209 Å². The Kier molecular flexibility index (Phi) is 7.91. The molecule has 0 fully saturated rings. The summed E-state index contributed by atoms with van der Waals surface area (Å²) in [5.74, 6) is -0.356. The summed E-state index contributed by atoms with van der Waals surface area (Å²) in [6, 6.07) is 23.8. The van der Waals surface area contributed by atoms with Crippen molar-refractivity contribution < 1.29 is 14.7 Å². The van der Waals surface area contributed by atoms with Crippen LogP contribution >= 0.6 is 0 Å². The highest BCUT2D eigenvalue weighted by Crippen LogP contribution is 2.26. The van der Waals surface area contributed by atoms with E-state index < -0.39 is 12.1 Å². The molecule has 1 aromatic heterocycles. The van der Waals surface area contributed by atoms with E-state index in [4.69, 9.17) is 5.26 Å². The third kappa shape index (κ3) is 5.87. The van der Waals surface area contributed by atoms with Crippen molar-refractivity contribution in [2.45, 2.75) is 25.5 Å². The smallest absolute Gasteiger partial charge is 0.251 e. The van der Waals surface area contributed by atoms with Crippen LogP contribution in [0.3, 0.4) is 0 Å². The predicted molar refractivity (Wildman–Crippen MR) is 139 cm³/mol. The molecular weight excluding hydrogens is 452 g/mol. The van der Waals surface area contributed by atoms with Crippen LogP contribution in [0.5, 0.6) is 0 Å². The first kappa shape index (κ1) is 24.9. The number of H-pyrrole nitrogens is 1. The summed E-state index contributed by atoms with van der Waals surface area (Å²) in [7, 11) is 0.